The Kier molecular flexibility index (Phi) is 8.58. The summed E-state index contributed by atoms with van der Waals surface area (Å²) in [5, 5.41) is 5.44. The number of alkyl halides is 2. The van der Waals surface area contributed by atoms with Gasteiger partial charge in [0, 0.05) is 25.3 Å². The number of amides is 3. The average Bonchev–Trinajstić information content (AvgIpc) is 2.83. The number of likely N-dealkylation sites (tertiary alicyclic amines) is 1. The van der Waals surface area contributed by atoms with Crippen molar-refractivity contribution in [3.8, 4) is 5.88 Å². The summed E-state index contributed by atoms with van der Waals surface area (Å²) in [7, 11) is 1.28. The number of esters is 1. The van der Waals surface area contributed by atoms with Gasteiger partial charge >= 0.3 is 18.6 Å². The van der Waals surface area contributed by atoms with Crippen molar-refractivity contribution in [1.82, 2.24) is 15.2 Å². The Labute approximate surface area is 220 Å². The van der Waals surface area contributed by atoms with Crippen molar-refractivity contribution in [3.63, 3.8) is 0 Å². The van der Waals surface area contributed by atoms with E-state index in [-0.39, 0.29) is 37.1 Å². The highest BCUT2D eigenvalue weighted by Crippen LogP contribution is 2.40. The van der Waals surface area contributed by atoms with Crippen molar-refractivity contribution < 1.29 is 32.6 Å². The number of carbonyl (C=O) groups is 3. The van der Waals surface area contributed by atoms with Crippen LogP contribution >= 0.6 is 0 Å². The largest absolute Gasteiger partial charge is 0.469 e. The fourth-order valence-corrected chi connectivity index (χ4v) is 4.42. The summed E-state index contributed by atoms with van der Waals surface area (Å²) in [6.45, 7) is 5.93. The molecule has 1 aliphatic rings. The van der Waals surface area contributed by atoms with Gasteiger partial charge in [-0.2, -0.15) is 8.78 Å². The van der Waals surface area contributed by atoms with E-state index < -0.39 is 35.3 Å². The van der Waals surface area contributed by atoms with Crippen LogP contribution < -0.4 is 15.4 Å². The smallest absolute Gasteiger partial charge is 0.388 e. The third-order valence-corrected chi connectivity index (χ3v) is 6.61. The molecule has 1 saturated heterocycles. The lowest BCUT2D eigenvalue weighted by molar-refractivity contribution is -0.150. The first-order valence-corrected chi connectivity index (χ1v) is 12.2. The summed E-state index contributed by atoms with van der Waals surface area (Å²) in [6, 6.07) is 10.1. The Morgan fingerprint density at radius 3 is 2.39 bits per heavy atom. The van der Waals surface area contributed by atoms with Gasteiger partial charge in [-0.3, -0.25) is 9.59 Å². The van der Waals surface area contributed by atoms with Crippen LogP contribution in [-0.4, -0.2) is 61.1 Å². The summed E-state index contributed by atoms with van der Waals surface area (Å²) < 4.78 is 35.3. The first-order chi connectivity index (χ1) is 17.8. The number of pyridine rings is 1. The van der Waals surface area contributed by atoms with Gasteiger partial charge in [-0.25, -0.2) is 9.78 Å². The van der Waals surface area contributed by atoms with Crippen LogP contribution in [0.15, 0.2) is 36.4 Å². The quantitative estimate of drug-likeness (QED) is 0.468. The molecule has 0 spiro atoms. The van der Waals surface area contributed by atoms with Gasteiger partial charge in [0.05, 0.1) is 12.5 Å². The van der Waals surface area contributed by atoms with E-state index in [1.54, 1.807) is 26.8 Å². The zero-order valence-corrected chi connectivity index (χ0v) is 22.4. The van der Waals surface area contributed by atoms with Gasteiger partial charge in [-0.15, -0.1) is 0 Å². The molecule has 2 N–H and O–H groups in total. The number of hydrogen-bond acceptors (Lipinski definition) is 6. The summed E-state index contributed by atoms with van der Waals surface area (Å²) in [5.74, 6) is -1.25. The lowest BCUT2D eigenvalue weighted by Gasteiger charge is -2.50. The number of rotatable bonds is 9. The molecule has 0 aliphatic carbocycles. The number of ether oxygens (including phenoxy) is 2. The van der Waals surface area contributed by atoms with Crippen LogP contribution in [0.4, 0.5) is 19.3 Å². The Morgan fingerprint density at radius 2 is 1.79 bits per heavy atom. The second-order valence-electron chi connectivity index (χ2n) is 10.4. The third-order valence-electron chi connectivity index (χ3n) is 6.61. The number of carbonyl (C=O) groups excluding carboxylic acids is 3. The maximum absolute atomic E-state index is 13.8. The van der Waals surface area contributed by atoms with Crippen molar-refractivity contribution in [1.29, 1.82) is 0 Å². The number of nitrogens with one attached hydrogen (secondary N) is 2. The predicted molar refractivity (Wildman–Crippen MR) is 137 cm³/mol. The van der Waals surface area contributed by atoms with Crippen LogP contribution in [0, 0.1) is 12.3 Å². The molecule has 0 unspecified atom stereocenters. The number of halogens is 2. The molecule has 206 valence electrons. The molecule has 1 aliphatic heterocycles. The standard InChI is InChI=1S/C27H34F2N4O5/c1-16(2)18-9-7-8-10-19(18)27(14-33(15-27)25(36)30-13-26(4,5)23(35)37-6)22(34)32-20-12-11-17(3)31-21(20)38-24(28)29/h7-12,16,24H,13-15H2,1-6H3,(H,30,36)(H,32,34). The minimum absolute atomic E-state index is 0.00466. The van der Waals surface area contributed by atoms with Gasteiger partial charge in [0.2, 0.25) is 11.8 Å². The van der Waals surface area contributed by atoms with Crippen LogP contribution in [0.2, 0.25) is 0 Å². The Morgan fingerprint density at radius 1 is 1.13 bits per heavy atom. The molecule has 0 bridgehead atoms. The molecule has 2 aromatic rings. The van der Waals surface area contributed by atoms with E-state index in [2.05, 4.69) is 20.4 Å². The van der Waals surface area contributed by atoms with Crippen molar-refractivity contribution in [2.75, 3.05) is 32.1 Å². The Balaban J connectivity index is 1.89. The molecule has 1 aromatic carbocycles. The minimum atomic E-state index is -3.12. The van der Waals surface area contributed by atoms with Crippen LogP contribution in [-0.2, 0) is 19.7 Å². The number of aryl methyl sites for hydroxylation is 1. The molecule has 1 aromatic heterocycles. The number of hydrogen-bond donors (Lipinski definition) is 2. The molecule has 0 saturated carbocycles. The second kappa shape index (κ2) is 11.3. The zero-order chi connectivity index (χ0) is 28.3. The minimum Gasteiger partial charge on any atom is -0.469 e. The SMILES string of the molecule is COC(=O)C(C)(C)CNC(=O)N1CC(C(=O)Nc2ccc(C)nc2OC(F)F)(c2ccccc2C(C)C)C1. The van der Waals surface area contributed by atoms with E-state index in [1.165, 1.54) is 18.1 Å². The normalized spacial score (nSPS) is 14.6. The maximum Gasteiger partial charge on any atom is 0.388 e. The van der Waals surface area contributed by atoms with E-state index in [4.69, 9.17) is 4.74 Å². The van der Waals surface area contributed by atoms with Crippen molar-refractivity contribution in [2.45, 2.75) is 52.6 Å². The third kappa shape index (κ3) is 6.03. The van der Waals surface area contributed by atoms with Crippen molar-refractivity contribution in [3.05, 3.63) is 53.2 Å². The lowest BCUT2D eigenvalue weighted by Crippen LogP contribution is -2.68. The molecule has 9 nitrogen and oxygen atoms in total. The molecular formula is C27H34F2N4O5. The van der Waals surface area contributed by atoms with E-state index >= 15 is 0 Å². The first kappa shape index (κ1) is 28.8. The molecular weight excluding hydrogens is 498 g/mol. The number of methoxy groups -OCH3 is 1. The second-order valence-corrected chi connectivity index (χ2v) is 10.4. The van der Waals surface area contributed by atoms with Crippen LogP contribution in [0.25, 0.3) is 0 Å². The fraction of sp³-hybridized carbons (Fsp3) is 0.481. The molecule has 0 atom stereocenters. The summed E-state index contributed by atoms with van der Waals surface area (Å²) >= 11 is 0. The lowest BCUT2D eigenvalue weighted by atomic mass is 9.69. The molecule has 38 heavy (non-hydrogen) atoms. The van der Waals surface area contributed by atoms with Crippen LogP contribution in [0.3, 0.4) is 0 Å². The molecule has 0 radical (unpaired) electrons. The van der Waals surface area contributed by atoms with Gasteiger partial charge in [0.1, 0.15) is 11.1 Å². The van der Waals surface area contributed by atoms with Gasteiger partial charge in [-0.1, -0.05) is 38.1 Å². The number of urea groups is 1. The van der Waals surface area contributed by atoms with E-state index in [0.717, 1.165) is 11.1 Å². The Bertz CT molecular complexity index is 1200. The highest BCUT2D eigenvalue weighted by Gasteiger charge is 2.53. The van der Waals surface area contributed by atoms with Crippen LogP contribution in [0.1, 0.15) is 50.4 Å². The summed E-state index contributed by atoms with van der Waals surface area (Å²) in [4.78, 5) is 44.2. The van der Waals surface area contributed by atoms with Gasteiger partial charge < -0.3 is 25.0 Å². The first-order valence-electron chi connectivity index (χ1n) is 12.2. The van der Waals surface area contributed by atoms with E-state index in [0.29, 0.717) is 5.69 Å². The highest BCUT2D eigenvalue weighted by atomic mass is 19.3. The maximum atomic E-state index is 13.8. The summed E-state index contributed by atoms with van der Waals surface area (Å²) in [6.07, 6.45) is 0. The van der Waals surface area contributed by atoms with Gasteiger partial charge in [-0.05, 0) is 49.9 Å². The molecule has 11 heteroatoms. The topological polar surface area (TPSA) is 110 Å². The zero-order valence-electron chi connectivity index (χ0n) is 22.4. The van der Waals surface area contributed by atoms with Crippen molar-refractivity contribution in [2.24, 2.45) is 5.41 Å². The highest BCUT2D eigenvalue weighted by molar-refractivity contribution is 6.02. The molecule has 1 fully saturated rings. The fourth-order valence-electron chi connectivity index (χ4n) is 4.42. The Hall–Kier alpha value is -3.76. The monoisotopic (exact) mass is 532 g/mol. The number of nitrogens with zero attached hydrogens (tertiary/aromatic N) is 2. The summed E-state index contributed by atoms with van der Waals surface area (Å²) in [5.41, 5.74) is 0.0321. The van der Waals surface area contributed by atoms with Crippen LogP contribution in [0.5, 0.6) is 5.88 Å². The van der Waals surface area contributed by atoms with E-state index in [9.17, 15) is 23.2 Å². The van der Waals surface area contributed by atoms with Gasteiger partial charge in [0.25, 0.3) is 0 Å². The van der Waals surface area contributed by atoms with E-state index in [1.807, 2.05) is 38.1 Å². The van der Waals surface area contributed by atoms with Gasteiger partial charge in [0.15, 0.2) is 0 Å². The van der Waals surface area contributed by atoms with Crippen molar-refractivity contribution >= 4 is 23.6 Å². The number of anilines is 1. The number of benzene rings is 1. The molecule has 3 amide bonds. The average molecular weight is 533 g/mol. The predicted octanol–water partition coefficient (Wildman–Crippen LogP) is 4.22. The molecule has 2 heterocycles. The number of aromatic nitrogens is 1. The molecule has 3 rings (SSSR count).